The fourth-order valence-electron chi connectivity index (χ4n) is 6.18. The van der Waals surface area contributed by atoms with Crippen molar-refractivity contribution in [3.05, 3.63) is 40.9 Å². The van der Waals surface area contributed by atoms with Gasteiger partial charge in [0, 0.05) is 22.8 Å². The number of fused-ring (bicyclic) bond motifs is 1. The summed E-state index contributed by atoms with van der Waals surface area (Å²) in [6, 6.07) is 4.45. The maximum atomic E-state index is 13.7. The van der Waals surface area contributed by atoms with Gasteiger partial charge in [0.05, 0.1) is 17.9 Å². The molecular weight excluding hydrogens is 454 g/mol. The van der Waals surface area contributed by atoms with Crippen LogP contribution < -0.4 is 10.6 Å². The quantitative estimate of drug-likeness (QED) is 0.624. The van der Waals surface area contributed by atoms with E-state index in [-0.39, 0.29) is 29.8 Å². The molecule has 3 amide bonds. The first-order valence-electron chi connectivity index (χ1n) is 12.3. The van der Waals surface area contributed by atoms with Gasteiger partial charge in [0.1, 0.15) is 11.6 Å². The summed E-state index contributed by atoms with van der Waals surface area (Å²) in [5.74, 6) is -2.15. The second-order valence-corrected chi connectivity index (χ2v) is 10.7. The van der Waals surface area contributed by atoms with E-state index < -0.39 is 29.6 Å². The summed E-state index contributed by atoms with van der Waals surface area (Å²) < 4.78 is 6.35. The Morgan fingerprint density at radius 2 is 1.91 bits per heavy atom. The molecule has 34 heavy (non-hydrogen) atoms. The number of carbonyl (C=O) groups is 3. The third-order valence-corrected chi connectivity index (χ3v) is 8.22. The Morgan fingerprint density at radius 3 is 2.59 bits per heavy atom. The van der Waals surface area contributed by atoms with Crippen LogP contribution in [0.4, 0.5) is 5.69 Å². The molecule has 5 rings (SSSR count). The maximum Gasteiger partial charge on any atom is 0.246 e. The van der Waals surface area contributed by atoms with E-state index in [1.165, 1.54) is 6.42 Å². The maximum absolute atomic E-state index is 13.7. The van der Waals surface area contributed by atoms with Gasteiger partial charge in [-0.15, -0.1) is 0 Å². The van der Waals surface area contributed by atoms with Crippen molar-refractivity contribution in [2.75, 3.05) is 5.32 Å². The minimum atomic E-state index is -1.13. The van der Waals surface area contributed by atoms with Crippen molar-refractivity contribution >= 4 is 35.0 Å². The topological polar surface area (TPSA) is 87.7 Å². The minimum Gasteiger partial charge on any atom is -0.359 e. The fourth-order valence-corrected chi connectivity index (χ4v) is 6.37. The van der Waals surface area contributed by atoms with Gasteiger partial charge in [-0.2, -0.15) is 0 Å². The Hall–Kier alpha value is -2.38. The number of rotatable bonds is 5. The number of benzene rings is 1. The molecule has 1 saturated carbocycles. The molecule has 0 radical (unpaired) electrons. The first-order valence-corrected chi connectivity index (χ1v) is 12.7. The van der Waals surface area contributed by atoms with Crippen molar-refractivity contribution in [3.63, 3.8) is 0 Å². The van der Waals surface area contributed by atoms with Crippen LogP contribution in [0.3, 0.4) is 0 Å². The van der Waals surface area contributed by atoms with Crippen molar-refractivity contribution in [2.24, 2.45) is 11.8 Å². The van der Waals surface area contributed by atoms with Crippen LogP contribution in [0.1, 0.15) is 51.5 Å². The summed E-state index contributed by atoms with van der Waals surface area (Å²) in [6.45, 7) is 5.69. The number of ether oxygens (including phenoxy) is 1. The number of halogens is 1. The van der Waals surface area contributed by atoms with Crippen molar-refractivity contribution < 1.29 is 19.1 Å². The van der Waals surface area contributed by atoms with Gasteiger partial charge in [0.15, 0.2) is 0 Å². The van der Waals surface area contributed by atoms with Crippen molar-refractivity contribution in [1.29, 1.82) is 0 Å². The number of hydrogen-bond donors (Lipinski definition) is 2. The summed E-state index contributed by atoms with van der Waals surface area (Å²) >= 11 is 6.23. The third-order valence-electron chi connectivity index (χ3n) is 7.81. The second-order valence-electron chi connectivity index (χ2n) is 10.3. The van der Waals surface area contributed by atoms with E-state index in [2.05, 4.69) is 10.6 Å². The van der Waals surface area contributed by atoms with E-state index >= 15 is 0 Å². The molecule has 2 N–H and O–H groups in total. The Labute approximate surface area is 205 Å². The van der Waals surface area contributed by atoms with Crippen LogP contribution >= 0.6 is 11.6 Å². The van der Waals surface area contributed by atoms with Crippen LogP contribution in [-0.4, -0.2) is 52.5 Å². The number of hydrogen-bond acceptors (Lipinski definition) is 4. The van der Waals surface area contributed by atoms with Crippen LogP contribution in [-0.2, 0) is 19.1 Å². The largest absolute Gasteiger partial charge is 0.359 e. The Kier molecular flexibility index (Phi) is 5.97. The summed E-state index contributed by atoms with van der Waals surface area (Å²) in [5.41, 5.74) is 0.354. The Balaban J connectivity index is 1.43. The van der Waals surface area contributed by atoms with Crippen LogP contribution in [0.2, 0.25) is 5.02 Å². The zero-order valence-corrected chi connectivity index (χ0v) is 20.6. The molecule has 4 aliphatic rings. The van der Waals surface area contributed by atoms with Gasteiger partial charge in [-0.1, -0.05) is 49.1 Å². The van der Waals surface area contributed by atoms with E-state index in [0.717, 1.165) is 31.2 Å². The Morgan fingerprint density at radius 1 is 1.18 bits per heavy atom. The molecule has 2 saturated heterocycles. The van der Waals surface area contributed by atoms with Gasteiger partial charge in [0.2, 0.25) is 17.7 Å². The van der Waals surface area contributed by atoms with Crippen molar-refractivity contribution in [2.45, 2.75) is 82.7 Å². The van der Waals surface area contributed by atoms with E-state index in [9.17, 15) is 14.4 Å². The molecule has 1 aromatic rings. The highest BCUT2D eigenvalue weighted by Gasteiger charge is 2.73. The number of amides is 3. The molecular formula is C26H32ClN3O4. The van der Waals surface area contributed by atoms with Gasteiger partial charge in [0.25, 0.3) is 0 Å². The van der Waals surface area contributed by atoms with E-state index in [4.69, 9.17) is 16.3 Å². The first kappa shape index (κ1) is 23.4. The molecule has 182 valence electrons. The average molecular weight is 486 g/mol. The van der Waals surface area contributed by atoms with Crippen molar-refractivity contribution in [3.8, 4) is 0 Å². The highest BCUT2D eigenvalue weighted by Crippen LogP contribution is 2.55. The number of aryl methyl sites for hydroxylation is 1. The zero-order chi connectivity index (χ0) is 24.2. The predicted molar refractivity (Wildman–Crippen MR) is 129 cm³/mol. The smallest absolute Gasteiger partial charge is 0.246 e. The third kappa shape index (κ3) is 3.64. The molecule has 3 aliphatic heterocycles. The van der Waals surface area contributed by atoms with E-state index in [0.29, 0.717) is 10.7 Å². The number of nitrogens with one attached hydrogen (secondary N) is 2. The lowest BCUT2D eigenvalue weighted by atomic mass is 9.74. The molecule has 8 heteroatoms. The standard InChI is InChI=1S/C26H32ClN3O4/c1-14(2)30-22(24(32)28-16-7-5-4-6-8-16)26-12-11-19(34-26)20(21(26)25(30)33)23(31)29-17-10-9-15(3)18(27)13-17/h9-14,16,19-22H,4-8H2,1-3H3,(H,28,32)(H,29,31)/t19-,20+,21-,22-,26-/m1/s1. The molecule has 1 spiro atoms. The van der Waals surface area contributed by atoms with Gasteiger partial charge in [-0.25, -0.2) is 0 Å². The second kappa shape index (κ2) is 8.68. The number of anilines is 1. The lowest BCUT2D eigenvalue weighted by Gasteiger charge is -2.35. The summed E-state index contributed by atoms with van der Waals surface area (Å²) in [7, 11) is 0. The normalized spacial score (nSPS) is 32.4. The van der Waals surface area contributed by atoms with Crippen LogP contribution in [0.15, 0.2) is 30.4 Å². The molecule has 1 aromatic carbocycles. The monoisotopic (exact) mass is 485 g/mol. The number of nitrogens with zero attached hydrogens (tertiary/aromatic N) is 1. The van der Waals surface area contributed by atoms with Crippen LogP contribution in [0, 0.1) is 18.8 Å². The van der Waals surface area contributed by atoms with E-state index in [1.54, 1.807) is 17.0 Å². The highest BCUT2D eigenvalue weighted by molar-refractivity contribution is 6.31. The lowest BCUT2D eigenvalue weighted by molar-refractivity contribution is -0.143. The van der Waals surface area contributed by atoms with Gasteiger partial charge >= 0.3 is 0 Å². The molecule has 3 heterocycles. The molecule has 3 fully saturated rings. The fraction of sp³-hybridized carbons (Fsp3) is 0.577. The zero-order valence-electron chi connectivity index (χ0n) is 19.8. The molecule has 0 aromatic heterocycles. The van der Waals surface area contributed by atoms with Crippen molar-refractivity contribution in [1.82, 2.24) is 10.2 Å². The number of carbonyl (C=O) groups excluding carboxylic acids is 3. The molecule has 2 bridgehead atoms. The van der Waals surface area contributed by atoms with Gasteiger partial charge in [-0.05, 0) is 51.3 Å². The van der Waals surface area contributed by atoms with Gasteiger partial charge < -0.3 is 20.3 Å². The van der Waals surface area contributed by atoms with Gasteiger partial charge in [-0.3, -0.25) is 14.4 Å². The lowest BCUT2D eigenvalue weighted by Crippen LogP contribution is -2.57. The summed E-state index contributed by atoms with van der Waals surface area (Å²) in [6.07, 6.45) is 8.42. The average Bonchev–Trinajstić information content (AvgIpc) is 3.44. The summed E-state index contributed by atoms with van der Waals surface area (Å²) in [4.78, 5) is 42.4. The van der Waals surface area contributed by atoms with Crippen LogP contribution in [0.25, 0.3) is 0 Å². The SMILES string of the molecule is Cc1ccc(NC(=O)[C@H]2[C@H]3C=C[C@@]4(O3)[C@H]2C(=O)N(C(C)C)[C@@H]4C(=O)NC2CCCCC2)cc1Cl. The molecule has 0 unspecified atom stereocenters. The molecule has 5 atom stereocenters. The summed E-state index contributed by atoms with van der Waals surface area (Å²) in [5, 5.41) is 6.66. The predicted octanol–water partition coefficient (Wildman–Crippen LogP) is 3.59. The molecule has 7 nitrogen and oxygen atoms in total. The number of likely N-dealkylation sites (tertiary alicyclic amines) is 1. The van der Waals surface area contributed by atoms with Crippen LogP contribution in [0.5, 0.6) is 0 Å². The first-order chi connectivity index (χ1) is 16.2. The molecule has 1 aliphatic carbocycles. The van der Waals surface area contributed by atoms with E-state index in [1.807, 2.05) is 39.0 Å². The minimum absolute atomic E-state index is 0.119. The highest BCUT2D eigenvalue weighted by atomic mass is 35.5. The Bertz CT molecular complexity index is 1050.